The Bertz CT molecular complexity index is 27.2. The van der Waals surface area contributed by atoms with Crippen LogP contribution in [0.2, 0.25) is 4.28 Å². The molecule has 0 rings (SSSR count). The van der Waals surface area contributed by atoms with E-state index in [4.69, 9.17) is 0 Å². The molecule has 0 saturated carbocycles. The molecule has 0 nitrogen and oxygen atoms in total. The number of rotatable bonds is 0. The van der Waals surface area contributed by atoms with Crippen LogP contribution in [-0.2, 0) is 0 Å². The number of hydrogen-bond donors (Lipinski definition) is 0. The van der Waals surface area contributed by atoms with Crippen LogP contribution in [0.3, 0.4) is 0 Å². The van der Waals surface area contributed by atoms with E-state index in [0.29, 0.717) is 4.28 Å². The minimum Gasteiger partial charge on any atom is -1.00 e. The van der Waals surface area contributed by atoms with Crippen LogP contribution in [0, 0.1) is 0 Å². The molecule has 0 heterocycles. The Morgan fingerprint density at radius 1 is 1.33 bits per heavy atom. The van der Waals surface area contributed by atoms with E-state index in [1.54, 1.807) is 0 Å². The molecular weight excluding hydrogens is 82.0 g/mol. The van der Waals surface area contributed by atoms with E-state index in [1.165, 1.54) is 0 Å². The van der Waals surface area contributed by atoms with Crippen LogP contribution in [-0.4, -0.2) is 16.3 Å². The maximum Gasteiger partial charge on any atom is 1.00 e. The summed E-state index contributed by atoms with van der Waals surface area (Å²) in [6, 6.07) is 0. The average Bonchev–Trinajstić information content (AvgIpc) is 0.722. The van der Waals surface area contributed by atoms with Gasteiger partial charge in [-0.05, 0) is 0 Å². The molecule has 0 aromatic heterocycles. The van der Waals surface area contributed by atoms with Gasteiger partial charge < -0.3 is 1.43 Å². The normalized spacial score (nSPS) is 9.83. The van der Waals surface area contributed by atoms with Crippen molar-refractivity contribution in [3.05, 3.63) is 0 Å². The van der Waals surface area contributed by atoms with Crippen molar-refractivity contribution in [2.45, 2.75) is 25.0 Å². The van der Waals surface area contributed by atoms with Crippen molar-refractivity contribution in [1.82, 2.24) is 0 Å². The summed E-state index contributed by atoms with van der Waals surface area (Å²) in [7, 11) is 0. The Morgan fingerprint density at radius 3 is 1.33 bits per heavy atom. The summed E-state index contributed by atoms with van der Waals surface area (Å²) in [5.74, 6) is 0. The summed E-state index contributed by atoms with van der Waals surface area (Å²) >= 11 is 2.72. The van der Waals surface area contributed by atoms with Gasteiger partial charge in [0.1, 0.15) is 16.3 Å². The molecule has 0 atom stereocenters. The molecule has 0 N–H and O–H groups in total. The third-order valence-electron chi connectivity index (χ3n) is 0. The fourth-order valence-electron chi connectivity index (χ4n) is 0. The first-order valence-electron chi connectivity index (χ1n) is 1.79. The third kappa shape index (κ3) is 68.5. The van der Waals surface area contributed by atoms with Crippen molar-refractivity contribution in [3.63, 3.8) is 0 Å². The molecule has 0 aliphatic heterocycles. The maximum absolute atomic E-state index is 2.72. The average molecular weight is 92.0 g/mol. The second-order valence-corrected chi connectivity index (χ2v) is 4.10. The Hall–Kier alpha value is 1.13. The Balaban J connectivity index is -0.0000000800. The fraction of sp³-hybridized carbons (Fsp3) is 1.00. The SMILES string of the molecule is C[C](C)(C)[Al].[H-].[Li+]. The van der Waals surface area contributed by atoms with E-state index in [-0.39, 0.29) is 20.3 Å². The molecule has 0 saturated heterocycles. The minimum absolute atomic E-state index is 0. The molecule has 0 amide bonds. The van der Waals surface area contributed by atoms with Crippen molar-refractivity contribution in [1.29, 1.82) is 0 Å². The molecule has 0 fully saturated rings. The Morgan fingerprint density at radius 2 is 1.33 bits per heavy atom. The van der Waals surface area contributed by atoms with Gasteiger partial charge in [0, 0.05) is 0 Å². The molecule has 2 radical (unpaired) electrons. The molecule has 30 valence electrons. The van der Waals surface area contributed by atoms with E-state index < -0.39 is 0 Å². The molecular formula is C4H10AlLi. The van der Waals surface area contributed by atoms with Gasteiger partial charge >= 0.3 is 18.9 Å². The summed E-state index contributed by atoms with van der Waals surface area (Å²) in [5, 5.41) is 0. The number of hydrogen-bond acceptors (Lipinski definition) is 0. The quantitative estimate of drug-likeness (QED) is 0.319. The van der Waals surface area contributed by atoms with Gasteiger partial charge in [-0.1, -0.05) is 20.8 Å². The van der Waals surface area contributed by atoms with Crippen LogP contribution in [0.5, 0.6) is 0 Å². The van der Waals surface area contributed by atoms with E-state index in [9.17, 15) is 0 Å². The van der Waals surface area contributed by atoms with E-state index in [2.05, 4.69) is 37.1 Å². The molecule has 0 aromatic carbocycles. The predicted octanol–water partition coefficient (Wildman–Crippen LogP) is -1.51. The maximum atomic E-state index is 2.72. The van der Waals surface area contributed by atoms with Crippen LogP contribution >= 0.6 is 0 Å². The summed E-state index contributed by atoms with van der Waals surface area (Å²) in [5.41, 5.74) is 0. The predicted molar refractivity (Wildman–Crippen MR) is 26.6 cm³/mol. The first kappa shape index (κ1) is 10.2. The molecule has 2 heteroatoms. The van der Waals surface area contributed by atoms with Gasteiger partial charge in [0.15, 0.2) is 0 Å². The summed E-state index contributed by atoms with van der Waals surface area (Å²) in [6.45, 7) is 6.45. The molecule has 0 spiro atoms. The van der Waals surface area contributed by atoms with Crippen LogP contribution < -0.4 is 18.9 Å². The first-order valence-corrected chi connectivity index (χ1v) is 2.37. The zero-order valence-electron chi connectivity index (χ0n) is 6.08. The summed E-state index contributed by atoms with van der Waals surface area (Å²) in [4.78, 5) is 0. The first-order chi connectivity index (χ1) is 2.00. The molecule has 0 unspecified atom stereocenters. The molecule has 0 aromatic rings. The van der Waals surface area contributed by atoms with Crippen LogP contribution in [0.1, 0.15) is 22.2 Å². The van der Waals surface area contributed by atoms with Gasteiger partial charge in [-0.25, -0.2) is 0 Å². The van der Waals surface area contributed by atoms with Crippen LogP contribution in [0.15, 0.2) is 0 Å². The minimum atomic E-state index is 0. The zero-order valence-corrected chi connectivity index (χ0v) is 6.23. The van der Waals surface area contributed by atoms with Crippen molar-refractivity contribution >= 4 is 16.3 Å². The largest absolute Gasteiger partial charge is 1.00 e. The van der Waals surface area contributed by atoms with Gasteiger partial charge in [-0.2, -0.15) is 0 Å². The summed E-state index contributed by atoms with van der Waals surface area (Å²) < 4.78 is 0.417. The van der Waals surface area contributed by atoms with Crippen molar-refractivity contribution < 1.29 is 20.3 Å². The van der Waals surface area contributed by atoms with E-state index >= 15 is 0 Å². The van der Waals surface area contributed by atoms with Gasteiger partial charge in [0.2, 0.25) is 0 Å². The fourth-order valence-corrected chi connectivity index (χ4v) is 0. The van der Waals surface area contributed by atoms with Crippen molar-refractivity contribution in [2.75, 3.05) is 0 Å². The Kier molecular flexibility index (Phi) is 5.38. The van der Waals surface area contributed by atoms with Gasteiger partial charge in [0.25, 0.3) is 0 Å². The van der Waals surface area contributed by atoms with Crippen LogP contribution in [0.25, 0.3) is 0 Å². The van der Waals surface area contributed by atoms with Crippen molar-refractivity contribution in [2.24, 2.45) is 0 Å². The smallest absolute Gasteiger partial charge is 1.00 e. The monoisotopic (exact) mass is 92.1 g/mol. The van der Waals surface area contributed by atoms with Gasteiger partial charge in [-0.15, -0.1) is 4.28 Å². The molecule has 0 aliphatic rings. The molecule has 0 aliphatic carbocycles. The van der Waals surface area contributed by atoms with Crippen molar-refractivity contribution in [3.8, 4) is 0 Å². The molecule has 0 bridgehead atoms. The second kappa shape index (κ2) is 3.17. The van der Waals surface area contributed by atoms with Gasteiger partial charge in [-0.3, -0.25) is 0 Å². The molecule has 6 heavy (non-hydrogen) atoms. The Labute approximate surface area is 61.8 Å². The van der Waals surface area contributed by atoms with E-state index in [0.717, 1.165) is 0 Å². The standard InChI is InChI=1S/C4H9.Al.Li.H/c1-4(2)3;;;/h1-3H3;;;/q;;+1;-1. The van der Waals surface area contributed by atoms with E-state index in [1.807, 2.05) is 0 Å². The third-order valence-corrected chi connectivity index (χ3v) is 0. The van der Waals surface area contributed by atoms with Crippen LogP contribution in [0.4, 0.5) is 0 Å². The summed E-state index contributed by atoms with van der Waals surface area (Å²) in [6.07, 6.45) is 0. The zero-order chi connectivity index (χ0) is 4.50. The second-order valence-electron chi connectivity index (χ2n) is 2.37. The van der Waals surface area contributed by atoms with Gasteiger partial charge in [0.05, 0.1) is 0 Å². The topological polar surface area (TPSA) is 0 Å².